The highest BCUT2D eigenvalue weighted by molar-refractivity contribution is 5.95. The molecule has 0 atom stereocenters. The number of rotatable bonds is 6. The van der Waals surface area contributed by atoms with Gasteiger partial charge in [-0.15, -0.1) is 0 Å². The van der Waals surface area contributed by atoms with Crippen LogP contribution in [0, 0.1) is 30.9 Å². The van der Waals surface area contributed by atoms with E-state index < -0.39 is 10.9 Å². The van der Waals surface area contributed by atoms with E-state index in [-0.39, 0.29) is 11.3 Å². The molecule has 0 aliphatic carbocycles. The van der Waals surface area contributed by atoms with Crippen molar-refractivity contribution >= 4 is 17.3 Å². The maximum atomic E-state index is 11.8. The molecule has 0 fully saturated rings. The largest absolute Gasteiger partial charge is 0.465 e. The second kappa shape index (κ2) is 7.12. The van der Waals surface area contributed by atoms with Gasteiger partial charge in [-0.3, -0.25) is 10.1 Å². The van der Waals surface area contributed by atoms with Crippen molar-refractivity contribution in [2.45, 2.75) is 27.2 Å². The quantitative estimate of drug-likeness (QED) is 0.492. The number of esters is 1. The van der Waals surface area contributed by atoms with Crippen LogP contribution in [0.4, 0.5) is 11.4 Å². The number of nitrogens with zero attached hydrogens (tertiary/aromatic N) is 2. The first-order valence-electron chi connectivity index (χ1n) is 7.38. The lowest BCUT2D eigenvalue weighted by Crippen LogP contribution is -2.11. The number of hydrogen-bond acceptors (Lipinski definition) is 7. The third-order valence-electron chi connectivity index (χ3n) is 3.77. The third kappa shape index (κ3) is 3.53. The minimum atomic E-state index is -0.737. The van der Waals surface area contributed by atoms with Gasteiger partial charge in [0.05, 0.1) is 17.7 Å². The second-order valence-corrected chi connectivity index (χ2v) is 5.42. The Bertz CT molecular complexity index is 763. The summed E-state index contributed by atoms with van der Waals surface area (Å²) in [5.74, 6) is 0.0311. The van der Waals surface area contributed by atoms with Crippen LogP contribution in [-0.4, -0.2) is 29.7 Å². The molecule has 2 rings (SSSR count). The minimum Gasteiger partial charge on any atom is -0.465 e. The average molecular weight is 333 g/mol. The van der Waals surface area contributed by atoms with Gasteiger partial charge in [-0.2, -0.15) is 0 Å². The number of carbonyl (C=O) groups is 1. The van der Waals surface area contributed by atoms with E-state index in [1.54, 1.807) is 13.0 Å². The van der Waals surface area contributed by atoms with Crippen molar-refractivity contribution < 1.29 is 19.0 Å². The summed E-state index contributed by atoms with van der Waals surface area (Å²) in [7, 11) is 1.19. The summed E-state index contributed by atoms with van der Waals surface area (Å²) < 4.78 is 9.75. The average Bonchev–Trinajstić information content (AvgIpc) is 2.85. The number of nitro groups is 1. The molecule has 0 unspecified atom stereocenters. The number of ether oxygens (including phenoxy) is 1. The molecule has 128 valence electrons. The predicted octanol–water partition coefficient (Wildman–Crippen LogP) is 2.95. The number of nitrogens with one attached hydrogen (secondary N) is 1. The fraction of sp³-hybridized carbons (Fsp3) is 0.375. The molecule has 0 amide bonds. The van der Waals surface area contributed by atoms with Gasteiger partial charge in [-0.25, -0.2) is 4.79 Å². The fourth-order valence-electron chi connectivity index (χ4n) is 2.58. The number of nitro benzene ring substituents is 1. The standard InChI is InChI=1S/C16H19N3O5/c1-9-7-12(8-14(16(20)23-4)15(9)19(21)22)17-6-5-13-10(2)18-24-11(13)3/h7-8,17H,5-6H2,1-4H3. The number of hydrogen-bond donors (Lipinski definition) is 1. The van der Waals surface area contributed by atoms with Gasteiger partial charge in [0.15, 0.2) is 0 Å². The summed E-state index contributed by atoms with van der Waals surface area (Å²) in [5, 5.41) is 18.2. The molecule has 0 saturated carbocycles. The Morgan fingerprint density at radius 1 is 1.38 bits per heavy atom. The fourth-order valence-corrected chi connectivity index (χ4v) is 2.58. The van der Waals surface area contributed by atoms with E-state index >= 15 is 0 Å². The first-order valence-corrected chi connectivity index (χ1v) is 7.38. The third-order valence-corrected chi connectivity index (χ3v) is 3.77. The first kappa shape index (κ1) is 17.5. The number of aromatic nitrogens is 1. The van der Waals surface area contributed by atoms with Gasteiger partial charge in [0.1, 0.15) is 11.3 Å². The Labute approximate surface area is 138 Å². The van der Waals surface area contributed by atoms with E-state index in [0.717, 1.165) is 17.0 Å². The van der Waals surface area contributed by atoms with E-state index in [0.29, 0.717) is 24.2 Å². The van der Waals surface area contributed by atoms with E-state index in [2.05, 4.69) is 15.2 Å². The second-order valence-electron chi connectivity index (χ2n) is 5.42. The van der Waals surface area contributed by atoms with E-state index in [9.17, 15) is 14.9 Å². The molecule has 0 bridgehead atoms. The number of methoxy groups -OCH3 is 1. The molecule has 1 aromatic heterocycles. The maximum Gasteiger partial charge on any atom is 0.344 e. The SMILES string of the molecule is COC(=O)c1cc(NCCc2c(C)noc2C)cc(C)c1[N+](=O)[O-]. The normalized spacial score (nSPS) is 10.5. The molecule has 1 heterocycles. The molecule has 1 aromatic carbocycles. The molecule has 0 spiro atoms. The van der Waals surface area contributed by atoms with Crippen molar-refractivity contribution in [2.24, 2.45) is 0 Å². The summed E-state index contributed by atoms with van der Waals surface area (Å²) in [6, 6.07) is 3.07. The van der Waals surface area contributed by atoms with Gasteiger partial charge in [-0.05, 0) is 39.3 Å². The number of aryl methyl sites for hydroxylation is 3. The van der Waals surface area contributed by atoms with Crippen molar-refractivity contribution in [3.8, 4) is 0 Å². The van der Waals surface area contributed by atoms with Crippen LogP contribution >= 0.6 is 0 Å². The Hall–Kier alpha value is -2.90. The highest BCUT2D eigenvalue weighted by Gasteiger charge is 2.24. The molecule has 0 radical (unpaired) electrons. The summed E-state index contributed by atoms with van der Waals surface area (Å²) in [6.07, 6.45) is 0.685. The first-order chi connectivity index (χ1) is 11.3. The van der Waals surface area contributed by atoms with Gasteiger partial charge in [0, 0.05) is 23.4 Å². The molecule has 0 saturated heterocycles. The molecular weight excluding hydrogens is 314 g/mol. The summed E-state index contributed by atoms with van der Waals surface area (Å²) in [5.41, 5.74) is 2.56. The summed E-state index contributed by atoms with van der Waals surface area (Å²) >= 11 is 0. The van der Waals surface area contributed by atoms with Gasteiger partial charge < -0.3 is 14.6 Å². The van der Waals surface area contributed by atoms with Gasteiger partial charge in [0.2, 0.25) is 0 Å². The van der Waals surface area contributed by atoms with Crippen LogP contribution in [0.15, 0.2) is 16.7 Å². The number of anilines is 1. The zero-order valence-corrected chi connectivity index (χ0v) is 14.0. The Kier molecular flexibility index (Phi) is 5.18. The highest BCUT2D eigenvalue weighted by atomic mass is 16.6. The lowest BCUT2D eigenvalue weighted by atomic mass is 10.1. The van der Waals surface area contributed by atoms with Crippen LogP contribution in [0.3, 0.4) is 0 Å². The van der Waals surface area contributed by atoms with Crippen LogP contribution in [0.1, 0.15) is 32.9 Å². The van der Waals surface area contributed by atoms with Crippen LogP contribution in [0.5, 0.6) is 0 Å². The van der Waals surface area contributed by atoms with Crippen LogP contribution in [0.2, 0.25) is 0 Å². The van der Waals surface area contributed by atoms with E-state index in [1.807, 2.05) is 13.8 Å². The lowest BCUT2D eigenvalue weighted by Gasteiger charge is -2.10. The molecule has 8 nitrogen and oxygen atoms in total. The Morgan fingerprint density at radius 2 is 2.08 bits per heavy atom. The van der Waals surface area contributed by atoms with Crippen LogP contribution in [0.25, 0.3) is 0 Å². The molecule has 8 heteroatoms. The zero-order valence-electron chi connectivity index (χ0n) is 14.0. The van der Waals surface area contributed by atoms with Gasteiger partial charge in [0.25, 0.3) is 5.69 Å². The summed E-state index contributed by atoms with van der Waals surface area (Å²) in [6.45, 7) is 5.88. The molecular formula is C16H19N3O5. The number of benzene rings is 1. The monoisotopic (exact) mass is 333 g/mol. The van der Waals surface area contributed by atoms with Crippen molar-refractivity contribution in [1.29, 1.82) is 0 Å². The summed E-state index contributed by atoms with van der Waals surface area (Å²) in [4.78, 5) is 22.4. The van der Waals surface area contributed by atoms with Crippen LogP contribution in [-0.2, 0) is 11.2 Å². The minimum absolute atomic E-state index is 0.0673. The topological polar surface area (TPSA) is 108 Å². The van der Waals surface area contributed by atoms with E-state index in [1.165, 1.54) is 13.2 Å². The molecule has 24 heavy (non-hydrogen) atoms. The van der Waals surface area contributed by atoms with E-state index in [4.69, 9.17) is 4.52 Å². The molecule has 0 aliphatic heterocycles. The van der Waals surface area contributed by atoms with Crippen molar-refractivity contribution in [2.75, 3.05) is 19.0 Å². The smallest absolute Gasteiger partial charge is 0.344 e. The zero-order chi connectivity index (χ0) is 17.9. The number of carbonyl (C=O) groups excluding carboxylic acids is 1. The van der Waals surface area contributed by atoms with Crippen molar-refractivity contribution in [3.05, 3.63) is 50.4 Å². The van der Waals surface area contributed by atoms with Crippen molar-refractivity contribution in [3.63, 3.8) is 0 Å². The van der Waals surface area contributed by atoms with Gasteiger partial charge in [-0.1, -0.05) is 5.16 Å². The Morgan fingerprint density at radius 3 is 2.62 bits per heavy atom. The predicted molar refractivity (Wildman–Crippen MR) is 87.3 cm³/mol. The molecule has 1 N–H and O–H groups in total. The molecule has 0 aliphatic rings. The van der Waals surface area contributed by atoms with Gasteiger partial charge >= 0.3 is 5.97 Å². The highest BCUT2D eigenvalue weighted by Crippen LogP contribution is 2.28. The van der Waals surface area contributed by atoms with Crippen LogP contribution < -0.4 is 5.32 Å². The van der Waals surface area contributed by atoms with Crippen molar-refractivity contribution in [1.82, 2.24) is 5.16 Å². The Balaban J connectivity index is 2.20. The lowest BCUT2D eigenvalue weighted by molar-refractivity contribution is -0.385. The maximum absolute atomic E-state index is 11.8. The molecule has 2 aromatic rings.